The van der Waals surface area contributed by atoms with E-state index < -0.39 is 16.1 Å². The molecule has 1 heterocycles. The molecule has 0 bridgehead atoms. The van der Waals surface area contributed by atoms with Gasteiger partial charge < -0.3 is 10.6 Å². The molecule has 0 spiro atoms. The highest BCUT2D eigenvalue weighted by atomic mass is 32.2. The van der Waals surface area contributed by atoms with E-state index in [2.05, 4.69) is 10.6 Å². The van der Waals surface area contributed by atoms with Crippen LogP contribution in [0.5, 0.6) is 0 Å². The first-order chi connectivity index (χ1) is 15.2. The summed E-state index contributed by atoms with van der Waals surface area (Å²) in [6, 6.07) is 12.5. The highest BCUT2D eigenvalue weighted by Gasteiger charge is 2.37. The molecule has 7 nitrogen and oxygen atoms in total. The van der Waals surface area contributed by atoms with E-state index >= 15 is 0 Å². The van der Waals surface area contributed by atoms with Gasteiger partial charge in [-0.25, -0.2) is 8.42 Å². The van der Waals surface area contributed by atoms with Crippen molar-refractivity contribution in [3.63, 3.8) is 0 Å². The normalized spacial score (nSPS) is 17.2. The molecule has 1 aliphatic rings. The van der Waals surface area contributed by atoms with Crippen molar-refractivity contribution in [3.8, 4) is 0 Å². The smallest absolute Gasteiger partial charge is 0.251 e. The molecule has 1 fully saturated rings. The molecule has 1 saturated heterocycles. The second-order valence-electron chi connectivity index (χ2n) is 8.56. The number of carbonyl (C=O) groups excluding carboxylic acids is 2. The van der Waals surface area contributed by atoms with Crippen LogP contribution in [0.2, 0.25) is 0 Å². The number of nitrogens with one attached hydrogen (secondary N) is 2. The number of aryl methyl sites for hydroxylation is 1. The van der Waals surface area contributed by atoms with Gasteiger partial charge in [0.1, 0.15) is 6.04 Å². The fourth-order valence-corrected chi connectivity index (χ4v) is 5.42. The molecule has 0 aromatic heterocycles. The molecule has 0 aliphatic carbocycles. The Morgan fingerprint density at radius 1 is 1.09 bits per heavy atom. The molecule has 0 radical (unpaired) electrons. The molecule has 1 atom stereocenters. The number of hydrogen-bond acceptors (Lipinski definition) is 4. The summed E-state index contributed by atoms with van der Waals surface area (Å²) in [6.07, 6.45) is 1.97. The third kappa shape index (κ3) is 5.55. The summed E-state index contributed by atoms with van der Waals surface area (Å²) >= 11 is 0. The topological polar surface area (TPSA) is 95.6 Å². The second-order valence-corrected chi connectivity index (χ2v) is 10.5. The van der Waals surface area contributed by atoms with Crippen LogP contribution in [-0.4, -0.2) is 43.7 Å². The summed E-state index contributed by atoms with van der Waals surface area (Å²) in [5.41, 5.74) is 1.83. The first-order valence-corrected chi connectivity index (χ1v) is 12.4. The molecule has 2 N–H and O–H groups in total. The zero-order valence-corrected chi connectivity index (χ0v) is 19.6. The van der Waals surface area contributed by atoms with Crippen molar-refractivity contribution in [1.29, 1.82) is 0 Å². The molecular formula is C24H31N3O4S. The molecule has 172 valence electrons. The number of carbonyl (C=O) groups is 2. The lowest BCUT2D eigenvalue weighted by atomic mass is 10.0. The van der Waals surface area contributed by atoms with Crippen LogP contribution in [0.25, 0.3) is 0 Å². The van der Waals surface area contributed by atoms with Crippen LogP contribution in [0.15, 0.2) is 53.4 Å². The molecule has 2 aromatic rings. The van der Waals surface area contributed by atoms with Crippen molar-refractivity contribution in [2.45, 2.75) is 51.0 Å². The van der Waals surface area contributed by atoms with E-state index in [9.17, 15) is 18.0 Å². The number of sulfonamides is 1. The Labute approximate surface area is 190 Å². The lowest BCUT2D eigenvalue weighted by Gasteiger charge is -2.33. The monoisotopic (exact) mass is 457 g/mol. The Balaban J connectivity index is 1.76. The van der Waals surface area contributed by atoms with Crippen LogP contribution in [0, 0.1) is 12.8 Å². The van der Waals surface area contributed by atoms with Gasteiger partial charge in [-0.05, 0) is 61.6 Å². The minimum Gasteiger partial charge on any atom is -0.352 e. The summed E-state index contributed by atoms with van der Waals surface area (Å²) in [4.78, 5) is 25.6. The Bertz CT molecular complexity index is 1070. The van der Waals surface area contributed by atoms with E-state index in [1.54, 1.807) is 48.5 Å². The third-order valence-corrected chi connectivity index (χ3v) is 7.45. The van der Waals surface area contributed by atoms with Crippen molar-refractivity contribution in [3.05, 3.63) is 59.7 Å². The van der Waals surface area contributed by atoms with E-state index in [0.29, 0.717) is 36.7 Å². The standard InChI is InChI=1S/C24H31N3O4S/c1-17(2)16-25-23(28)19-12-13-21(18(3)15-19)26-24(29)22-11-7-8-14-27(22)32(30,31)20-9-5-4-6-10-20/h4-6,9-10,12-13,15,17,22H,7-8,11,14,16H2,1-3H3,(H,25,28)(H,26,29). The van der Waals surface area contributed by atoms with Gasteiger partial charge in [0, 0.05) is 24.3 Å². The van der Waals surface area contributed by atoms with Crippen LogP contribution in [-0.2, 0) is 14.8 Å². The Hall–Kier alpha value is -2.71. The van der Waals surface area contributed by atoms with E-state index in [1.165, 1.54) is 4.31 Å². The molecule has 2 aromatic carbocycles. The average Bonchev–Trinajstić information content (AvgIpc) is 2.79. The molecule has 3 rings (SSSR count). The van der Waals surface area contributed by atoms with Crippen LogP contribution < -0.4 is 10.6 Å². The molecular weight excluding hydrogens is 426 g/mol. The Kier molecular flexibility index (Phi) is 7.69. The summed E-state index contributed by atoms with van der Waals surface area (Å²) in [7, 11) is -3.77. The Morgan fingerprint density at radius 3 is 2.47 bits per heavy atom. The maximum Gasteiger partial charge on any atom is 0.251 e. The van der Waals surface area contributed by atoms with Crippen LogP contribution in [0.1, 0.15) is 49.0 Å². The predicted molar refractivity (Wildman–Crippen MR) is 125 cm³/mol. The lowest BCUT2D eigenvalue weighted by Crippen LogP contribution is -2.49. The fraction of sp³-hybridized carbons (Fsp3) is 0.417. The fourth-order valence-electron chi connectivity index (χ4n) is 3.74. The number of amides is 2. The van der Waals surface area contributed by atoms with Gasteiger partial charge in [0.2, 0.25) is 15.9 Å². The summed E-state index contributed by atoms with van der Waals surface area (Å²) in [6.45, 7) is 6.76. The van der Waals surface area contributed by atoms with Crippen LogP contribution in [0.3, 0.4) is 0 Å². The lowest BCUT2D eigenvalue weighted by molar-refractivity contribution is -0.120. The van der Waals surface area contributed by atoms with Gasteiger partial charge in [-0.1, -0.05) is 38.5 Å². The van der Waals surface area contributed by atoms with E-state index in [4.69, 9.17) is 0 Å². The van der Waals surface area contributed by atoms with Gasteiger partial charge in [-0.2, -0.15) is 4.31 Å². The number of rotatable bonds is 7. The highest BCUT2D eigenvalue weighted by Crippen LogP contribution is 2.27. The minimum absolute atomic E-state index is 0.160. The third-order valence-electron chi connectivity index (χ3n) is 5.52. The van der Waals surface area contributed by atoms with Crippen LogP contribution in [0.4, 0.5) is 5.69 Å². The molecule has 0 saturated carbocycles. The molecule has 8 heteroatoms. The highest BCUT2D eigenvalue weighted by molar-refractivity contribution is 7.89. The zero-order valence-electron chi connectivity index (χ0n) is 18.8. The maximum atomic E-state index is 13.2. The molecule has 2 amide bonds. The SMILES string of the molecule is Cc1cc(C(=O)NCC(C)C)ccc1NC(=O)C1CCCCN1S(=O)(=O)c1ccccc1. The number of piperidine rings is 1. The van der Waals surface area contributed by atoms with Crippen molar-refractivity contribution in [1.82, 2.24) is 9.62 Å². The van der Waals surface area contributed by atoms with Gasteiger partial charge in [0.05, 0.1) is 4.90 Å². The van der Waals surface area contributed by atoms with Crippen molar-refractivity contribution in [2.75, 3.05) is 18.4 Å². The largest absolute Gasteiger partial charge is 0.352 e. The first-order valence-electron chi connectivity index (χ1n) is 11.0. The van der Waals surface area contributed by atoms with E-state index in [-0.39, 0.29) is 16.7 Å². The molecule has 1 aliphatic heterocycles. The summed E-state index contributed by atoms with van der Waals surface area (Å²) < 4.78 is 27.6. The van der Waals surface area contributed by atoms with Crippen molar-refractivity contribution in [2.24, 2.45) is 5.92 Å². The molecule has 32 heavy (non-hydrogen) atoms. The number of benzene rings is 2. The quantitative estimate of drug-likeness (QED) is 0.665. The van der Waals surface area contributed by atoms with Gasteiger partial charge in [0.15, 0.2) is 0 Å². The van der Waals surface area contributed by atoms with Crippen LogP contribution >= 0.6 is 0 Å². The predicted octanol–water partition coefficient (Wildman–Crippen LogP) is 3.56. The van der Waals surface area contributed by atoms with Gasteiger partial charge in [-0.15, -0.1) is 0 Å². The summed E-state index contributed by atoms with van der Waals surface area (Å²) in [5, 5.41) is 5.75. The van der Waals surface area contributed by atoms with Gasteiger partial charge in [0.25, 0.3) is 5.91 Å². The summed E-state index contributed by atoms with van der Waals surface area (Å²) in [5.74, 6) is -0.166. The maximum absolute atomic E-state index is 13.2. The second kappa shape index (κ2) is 10.3. The van der Waals surface area contributed by atoms with Crippen molar-refractivity contribution < 1.29 is 18.0 Å². The number of hydrogen-bond donors (Lipinski definition) is 2. The number of anilines is 1. The molecule has 1 unspecified atom stereocenters. The number of nitrogens with zero attached hydrogens (tertiary/aromatic N) is 1. The van der Waals surface area contributed by atoms with E-state index in [0.717, 1.165) is 18.4 Å². The van der Waals surface area contributed by atoms with Gasteiger partial charge in [-0.3, -0.25) is 9.59 Å². The minimum atomic E-state index is -3.77. The Morgan fingerprint density at radius 2 is 1.81 bits per heavy atom. The average molecular weight is 458 g/mol. The van der Waals surface area contributed by atoms with Crippen molar-refractivity contribution >= 4 is 27.5 Å². The zero-order chi connectivity index (χ0) is 23.3. The van der Waals surface area contributed by atoms with Gasteiger partial charge >= 0.3 is 0 Å². The van der Waals surface area contributed by atoms with E-state index in [1.807, 2.05) is 20.8 Å². The first kappa shape index (κ1) is 23.9.